The van der Waals surface area contributed by atoms with E-state index in [9.17, 15) is 9.59 Å². The van der Waals surface area contributed by atoms with E-state index in [-0.39, 0.29) is 12.3 Å². The molecule has 1 amide bonds. The first-order chi connectivity index (χ1) is 13.1. The fourth-order valence-electron chi connectivity index (χ4n) is 2.65. The summed E-state index contributed by atoms with van der Waals surface area (Å²) in [6.07, 6.45) is 3.38. The van der Waals surface area contributed by atoms with Crippen LogP contribution in [0.25, 0.3) is 0 Å². The molecule has 144 valence electrons. The molecule has 0 heterocycles. The van der Waals surface area contributed by atoms with Crippen LogP contribution in [0, 0.1) is 0 Å². The second-order valence-corrected chi connectivity index (χ2v) is 6.41. The van der Waals surface area contributed by atoms with Crippen molar-refractivity contribution in [2.75, 3.05) is 13.2 Å². The minimum absolute atomic E-state index is 0.134. The van der Waals surface area contributed by atoms with Gasteiger partial charge in [-0.25, -0.2) is 0 Å². The quantitative estimate of drug-likeness (QED) is 0.590. The molecule has 0 saturated heterocycles. The van der Waals surface area contributed by atoms with Gasteiger partial charge in [0.1, 0.15) is 5.75 Å². The fourth-order valence-corrected chi connectivity index (χ4v) is 2.65. The molecule has 0 aromatic heterocycles. The van der Waals surface area contributed by atoms with Crippen molar-refractivity contribution in [3.8, 4) is 5.75 Å². The Morgan fingerprint density at radius 2 is 1.67 bits per heavy atom. The summed E-state index contributed by atoms with van der Waals surface area (Å²) in [5.74, 6) is -0.313. The predicted molar refractivity (Wildman–Crippen MR) is 105 cm³/mol. The van der Waals surface area contributed by atoms with E-state index in [2.05, 4.69) is 12.2 Å². The SMILES string of the molecule is CCCCOc1ccccc1C(=O)NCCc1ccc(CCC(=O)O)cc1. The number of nitrogens with one attached hydrogen (secondary N) is 1. The van der Waals surface area contributed by atoms with Crippen molar-refractivity contribution in [2.24, 2.45) is 0 Å². The molecule has 0 atom stereocenters. The lowest BCUT2D eigenvalue weighted by Gasteiger charge is -2.11. The number of carbonyl (C=O) groups excluding carboxylic acids is 1. The summed E-state index contributed by atoms with van der Waals surface area (Å²) >= 11 is 0. The summed E-state index contributed by atoms with van der Waals surface area (Å²) < 4.78 is 5.71. The van der Waals surface area contributed by atoms with Gasteiger partial charge in [0.05, 0.1) is 12.2 Å². The van der Waals surface area contributed by atoms with Gasteiger partial charge in [-0.2, -0.15) is 0 Å². The van der Waals surface area contributed by atoms with Gasteiger partial charge in [-0.1, -0.05) is 49.7 Å². The molecule has 2 N–H and O–H groups in total. The molecule has 0 saturated carbocycles. The molecule has 5 heteroatoms. The largest absolute Gasteiger partial charge is 0.493 e. The second-order valence-electron chi connectivity index (χ2n) is 6.41. The first-order valence-corrected chi connectivity index (χ1v) is 9.39. The van der Waals surface area contributed by atoms with Crippen molar-refractivity contribution in [2.45, 2.75) is 39.0 Å². The van der Waals surface area contributed by atoms with Gasteiger partial charge in [0.25, 0.3) is 5.91 Å². The highest BCUT2D eigenvalue weighted by Gasteiger charge is 2.11. The number of para-hydroxylation sites is 1. The molecule has 0 radical (unpaired) electrons. The summed E-state index contributed by atoms with van der Waals surface area (Å²) in [6.45, 7) is 3.23. The number of aryl methyl sites for hydroxylation is 1. The van der Waals surface area contributed by atoms with Crippen molar-refractivity contribution in [3.05, 3.63) is 65.2 Å². The highest BCUT2D eigenvalue weighted by atomic mass is 16.5. The maximum absolute atomic E-state index is 12.4. The number of carboxylic acids is 1. The van der Waals surface area contributed by atoms with Crippen LogP contribution < -0.4 is 10.1 Å². The number of ether oxygens (including phenoxy) is 1. The first kappa shape index (κ1) is 20.5. The molecular formula is C22H27NO4. The molecule has 0 fully saturated rings. The normalized spacial score (nSPS) is 10.4. The van der Waals surface area contributed by atoms with Crippen molar-refractivity contribution in [1.82, 2.24) is 5.32 Å². The highest BCUT2D eigenvalue weighted by Crippen LogP contribution is 2.18. The topological polar surface area (TPSA) is 75.6 Å². The van der Waals surface area contributed by atoms with Gasteiger partial charge in [-0.05, 0) is 42.5 Å². The van der Waals surface area contributed by atoms with Gasteiger partial charge in [0.15, 0.2) is 0 Å². The Labute approximate surface area is 160 Å². The van der Waals surface area contributed by atoms with Gasteiger partial charge < -0.3 is 15.2 Å². The zero-order valence-electron chi connectivity index (χ0n) is 15.7. The van der Waals surface area contributed by atoms with E-state index in [1.165, 1.54) is 0 Å². The molecule has 0 unspecified atom stereocenters. The smallest absolute Gasteiger partial charge is 0.303 e. The number of unbranched alkanes of at least 4 members (excludes halogenated alkanes) is 1. The molecule has 0 aliphatic heterocycles. The molecule has 0 aliphatic rings. The minimum Gasteiger partial charge on any atom is -0.493 e. The van der Waals surface area contributed by atoms with Crippen LogP contribution in [0.5, 0.6) is 5.75 Å². The minimum atomic E-state index is -0.791. The lowest BCUT2D eigenvalue weighted by molar-refractivity contribution is -0.136. The Bertz CT molecular complexity index is 740. The molecule has 2 aromatic carbocycles. The van der Waals surface area contributed by atoms with Crippen LogP contribution in [0.3, 0.4) is 0 Å². The monoisotopic (exact) mass is 369 g/mol. The number of hydrogen-bond donors (Lipinski definition) is 2. The van der Waals surface area contributed by atoms with Crippen molar-refractivity contribution < 1.29 is 19.4 Å². The Morgan fingerprint density at radius 3 is 2.33 bits per heavy atom. The highest BCUT2D eigenvalue weighted by molar-refractivity contribution is 5.96. The van der Waals surface area contributed by atoms with Crippen LogP contribution in [0.4, 0.5) is 0 Å². The van der Waals surface area contributed by atoms with E-state index in [1.54, 1.807) is 6.07 Å². The molecule has 2 rings (SSSR count). The number of benzene rings is 2. The van der Waals surface area contributed by atoms with Crippen molar-refractivity contribution in [1.29, 1.82) is 0 Å². The molecule has 5 nitrogen and oxygen atoms in total. The van der Waals surface area contributed by atoms with E-state index >= 15 is 0 Å². The number of amides is 1. The van der Waals surface area contributed by atoms with E-state index in [4.69, 9.17) is 9.84 Å². The standard InChI is InChI=1S/C22H27NO4/c1-2-3-16-27-20-7-5-4-6-19(20)22(26)23-15-14-18-10-8-17(9-11-18)12-13-21(24)25/h4-11H,2-3,12-16H2,1H3,(H,23,26)(H,24,25). The van der Waals surface area contributed by atoms with Crippen LogP contribution in [-0.4, -0.2) is 30.1 Å². The van der Waals surface area contributed by atoms with Crippen LogP contribution in [-0.2, 0) is 17.6 Å². The summed E-state index contributed by atoms with van der Waals surface area (Å²) in [4.78, 5) is 23.1. The second kappa shape index (κ2) is 11.0. The summed E-state index contributed by atoms with van der Waals surface area (Å²) in [5, 5.41) is 11.7. The van der Waals surface area contributed by atoms with Crippen molar-refractivity contribution in [3.63, 3.8) is 0 Å². The van der Waals surface area contributed by atoms with Gasteiger partial charge in [-0.3, -0.25) is 9.59 Å². The van der Waals surface area contributed by atoms with Gasteiger partial charge in [-0.15, -0.1) is 0 Å². The van der Waals surface area contributed by atoms with Crippen LogP contribution in [0.2, 0.25) is 0 Å². The molecule has 27 heavy (non-hydrogen) atoms. The van der Waals surface area contributed by atoms with Crippen LogP contribution in [0.1, 0.15) is 47.7 Å². The van der Waals surface area contributed by atoms with Crippen LogP contribution in [0.15, 0.2) is 48.5 Å². The lowest BCUT2D eigenvalue weighted by Crippen LogP contribution is -2.26. The predicted octanol–water partition coefficient (Wildman–Crippen LogP) is 3.86. The Kier molecular flexibility index (Phi) is 8.36. The third-order valence-electron chi connectivity index (χ3n) is 4.24. The van der Waals surface area contributed by atoms with Gasteiger partial charge in [0, 0.05) is 13.0 Å². The average Bonchev–Trinajstić information content (AvgIpc) is 2.68. The van der Waals surface area contributed by atoms with Crippen molar-refractivity contribution >= 4 is 11.9 Å². The molecule has 2 aromatic rings. The van der Waals surface area contributed by atoms with E-state index in [0.29, 0.717) is 37.3 Å². The summed E-state index contributed by atoms with van der Waals surface area (Å²) in [7, 11) is 0. The number of carbonyl (C=O) groups is 2. The summed E-state index contributed by atoms with van der Waals surface area (Å²) in [6, 6.07) is 15.1. The number of aliphatic carboxylic acids is 1. The maximum atomic E-state index is 12.4. The van der Waals surface area contributed by atoms with E-state index < -0.39 is 5.97 Å². The summed E-state index contributed by atoms with van der Waals surface area (Å²) in [5.41, 5.74) is 2.66. The zero-order valence-corrected chi connectivity index (χ0v) is 15.7. The molecule has 0 aliphatic carbocycles. The number of rotatable bonds is 11. The molecular weight excluding hydrogens is 342 g/mol. The van der Waals surface area contributed by atoms with Gasteiger partial charge >= 0.3 is 5.97 Å². The Balaban J connectivity index is 1.83. The van der Waals surface area contributed by atoms with E-state index in [0.717, 1.165) is 24.0 Å². The number of carboxylic acid groups (broad SMARTS) is 1. The average molecular weight is 369 g/mol. The molecule has 0 bridgehead atoms. The van der Waals surface area contributed by atoms with Crippen LogP contribution >= 0.6 is 0 Å². The number of hydrogen-bond acceptors (Lipinski definition) is 3. The zero-order chi connectivity index (χ0) is 19.5. The Morgan fingerprint density at radius 1 is 1.00 bits per heavy atom. The lowest BCUT2D eigenvalue weighted by atomic mass is 10.1. The maximum Gasteiger partial charge on any atom is 0.303 e. The first-order valence-electron chi connectivity index (χ1n) is 9.39. The Hall–Kier alpha value is -2.82. The third-order valence-corrected chi connectivity index (χ3v) is 4.24. The van der Waals surface area contributed by atoms with Gasteiger partial charge in [0.2, 0.25) is 0 Å². The third kappa shape index (κ3) is 7.13. The fraction of sp³-hybridized carbons (Fsp3) is 0.364. The van der Waals surface area contributed by atoms with E-state index in [1.807, 2.05) is 42.5 Å². The molecule has 0 spiro atoms.